The van der Waals surface area contributed by atoms with Gasteiger partial charge in [0.1, 0.15) is 18.1 Å². The SMILES string of the molecule is CC1C[C@H]2CC[C@@H](C1)N2c1cnc2c(-c3ccc4nn(C)cc4c3Cl)cn(COCC[Si](C)(C)C)c2n1. The number of nitrogens with zero attached hydrogens (tertiary/aromatic N) is 6. The molecule has 0 aliphatic carbocycles. The van der Waals surface area contributed by atoms with Crippen molar-refractivity contribution in [3.8, 4) is 11.1 Å². The van der Waals surface area contributed by atoms with Crippen LogP contribution in [-0.2, 0) is 18.5 Å². The lowest BCUT2D eigenvalue weighted by Gasteiger charge is -2.38. The maximum atomic E-state index is 6.94. The average Bonchev–Trinajstić information content (AvgIpc) is 3.48. The Morgan fingerprint density at radius 2 is 1.84 bits per heavy atom. The summed E-state index contributed by atoms with van der Waals surface area (Å²) in [5.41, 5.74) is 4.54. The van der Waals surface area contributed by atoms with E-state index in [1.54, 1.807) is 4.68 Å². The van der Waals surface area contributed by atoms with Gasteiger partial charge in [0.05, 0.1) is 16.7 Å². The quantitative estimate of drug-likeness (QED) is 0.194. The highest BCUT2D eigenvalue weighted by Crippen LogP contribution is 2.42. The van der Waals surface area contributed by atoms with Gasteiger partial charge in [0.25, 0.3) is 0 Å². The number of rotatable bonds is 7. The van der Waals surface area contributed by atoms with Gasteiger partial charge >= 0.3 is 0 Å². The van der Waals surface area contributed by atoms with E-state index in [2.05, 4.69) is 47.3 Å². The van der Waals surface area contributed by atoms with Crippen molar-refractivity contribution in [2.75, 3.05) is 11.5 Å². The molecule has 37 heavy (non-hydrogen) atoms. The lowest BCUT2D eigenvalue weighted by molar-refractivity contribution is 0.0899. The molecule has 9 heteroatoms. The van der Waals surface area contributed by atoms with Gasteiger partial charge in [0.2, 0.25) is 0 Å². The first kappa shape index (κ1) is 24.9. The van der Waals surface area contributed by atoms with Crippen molar-refractivity contribution in [1.82, 2.24) is 24.3 Å². The van der Waals surface area contributed by atoms with Crippen LogP contribution in [0.4, 0.5) is 5.82 Å². The molecule has 2 bridgehead atoms. The zero-order valence-corrected chi connectivity index (χ0v) is 24.3. The van der Waals surface area contributed by atoms with Crippen LogP contribution in [0, 0.1) is 5.92 Å². The Hall–Kier alpha value is -2.42. The second-order valence-electron chi connectivity index (χ2n) is 12.3. The molecule has 0 spiro atoms. The molecule has 196 valence electrons. The molecule has 0 amide bonds. The molecule has 1 aromatic carbocycles. The van der Waals surface area contributed by atoms with Gasteiger partial charge in [0.15, 0.2) is 5.65 Å². The summed E-state index contributed by atoms with van der Waals surface area (Å²) in [6, 6.07) is 6.34. The van der Waals surface area contributed by atoms with Crippen molar-refractivity contribution in [1.29, 1.82) is 0 Å². The van der Waals surface area contributed by atoms with Crippen molar-refractivity contribution in [2.24, 2.45) is 13.0 Å². The molecule has 2 saturated heterocycles. The molecule has 0 saturated carbocycles. The molecule has 0 N–H and O–H groups in total. The van der Waals surface area contributed by atoms with E-state index in [0.29, 0.717) is 23.8 Å². The minimum absolute atomic E-state index is 0.454. The fraction of sp³-hybridized carbons (Fsp3) is 0.536. The lowest BCUT2D eigenvalue weighted by atomic mass is 9.92. The standard InChI is InChI=1S/C28H37ClN6OSi/c1-18-12-19-6-7-20(13-18)35(19)25-14-30-27-22(21-8-9-24-23(26(21)29)15-33(2)32-24)16-34(28(27)31-25)17-36-10-11-37(3,4)5/h8-9,14-16,18-20H,6-7,10-13,17H2,1-5H3/t18?,19-,20+. The molecule has 1 unspecified atom stereocenters. The third-order valence-electron chi connectivity index (χ3n) is 8.04. The Kier molecular flexibility index (Phi) is 6.32. The number of ether oxygens (including phenoxy) is 1. The largest absolute Gasteiger partial charge is 0.361 e. The predicted octanol–water partition coefficient (Wildman–Crippen LogP) is 6.72. The second-order valence-corrected chi connectivity index (χ2v) is 18.3. The summed E-state index contributed by atoms with van der Waals surface area (Å²) >= 11 is 6.94. The zero-order chi connectivity index (χ0) is 25.9. The van der Waals surface area contributed by atoms with Crippen molar-refractivity contribution in [3.05, 3.63) is 35.7 Å². The fourth-order valence-corrected chi connectivity index (χ4v) is 7.28. The minimum Gasteiger partial charge on any atom is -0.361 e. The highest BCUT2D eigenvalue weighted by atomic mass is 35.5. The van der Waals surface area contributed by atoms with Crippen LogP contribution in [-0.4, -0.2) is 51.1 Å². The van der Waals surface area contributed by atoms with Crippen LogP contribution in [0.25, 0.3) is 33.2 Å². The Balaban J connectivity index is 1.41. The lowest BCUT2D eigenvalue weighted by Crippen LogP contribution is -2.43. The highest BCUT2D eigenvalue weighted by molar-refractivity contribution is 6.76. The first-order chi connectivity index (χ1) is 17.7. The number of piperidine rings is 1. The summed E-state index contributed by atoms with van der Waals surface area (Å²) in [5, 5.41) is 6.15. The van der Waals surface area contributed by atoms with Crippen molar-refractivity contribution in [2.45, 2.75) is 77.1 Å². The first-order valence-corrected chi connectivity index (χ1v) is 17.6. The van der Waals surface area contributed by atoms with E-state index < -0.39 is 8.07 Å². The van der Waals surface area contributed by atoms with E-state index in [1.807, 2.05) is 31.6 Å². The van der Waals surface area contributed by atoms with Gasteiger partial charge in [-0.15, -0.1) is 0 Å². The van der Waals surface area contributed by atoms with Crippen LogP contribution in [0.15, 0.2) is 30.7 Å². The average molecular weight is 537 g/mol. The summed E-state index contributed by atoms with van der Waals surface area (Å²) in [4.78, 5) is 12.8. The smallest absolute Gasteiger partial charge is 0.163 e. The van der Waals surface area contributed by atoms with Gasteiger partial charge in [-0.25, -0.2) is 9.97 Å². The molecule has 3 aromatic heterocycles. The number of hydrogen-bond acceptors (Lipinski definition) is 5. The molecular weight excluding hydrogens is 500 g/mol. The molecule has 4 aromatic rings. The summed E-state index contributed by atoms with van der Waals surface area (Å²) in [5.74, 6) is 1.78. The third-order valence-corrected chi connectivity index (χ3v) is 10.2. The maximum Gasteiger partial charge on any atom is 0.163 e. The summed E-state index contributed by atoms with van der Waals surface area (Å²) in [7, 11) is 0.750. The van der Waals surface area contributed by atoms with E-state index in [9.17, 15) is 0 Å². The number of benzene rings is 1. The Bertz CT molecular complexity index is 1440. The topological polar surface area (TPSA) is 61.0 Å². The molecular formula is C28H37ClN6OSi. The number of aromatic nitrogens is 5. The van der Waals surface area contributed by atoms with Crippen LogP contribution in [0.3, 0.4) is 0 Å². The molecule has 7 nitrogen and oxygen atoms in total. The van der Waals surface area contributed by atoms with E-state index in [1.165, 1.54) is 25.7 Å². The summed E-state index contributed by atoms with van der Waals surface area (Å²) < 4.78 is 10.1. The predicted molar refractivity (Wildman–Crippen MR) is 154 cm³/mol. The van der Waals surface area contributed by atoms with E-state index in [4.69, 9.17) is 26.3 Å². The number of hydrogen-bond donors (Lipinski definition) is 0. The molecule has 0 radical (unpaired) electrons. The molecule has 5 heterocycles. The molecule has 2 aliphatic heterocycles. The Labute approximate surface area is 224 Å². The number of aryl methyl sites for hydroxylation is 1. The normalized spacial score (nSPS) is 22.0. The second kappa shape index (κ2) is 9.40. The zero-order valence-electron chi connectivity index (χ0n) is 22.5. The van der Waals surface area contributed by atoms with Crippen LogP contribution < -0.4 is 4.90 Å². The van der Waals surface area contributed by atoms with Gasteiger partial charge in [-0.2, -0.15) is 5.10 Å². The third kappa shape index (κ3) is 4.68. The van der Waals surface area contributed by atoms with Gasteiger partial charge < -0.3 is 14.2 Å². The number of fused-ring (bicyclic) bond motifs is 4. The highest BCUT2D eigenvalue weighted by Gasteiger charge is 2.40. The van der Waals surface area contributed by atoms with E-state index in [0.717, 1.165) is 57.6 Å². The van der Waals surface area contributed by atoms with Crippen LogP contribution >= 0.6 is 11.6 Å². The van der Waals surface area contributed by atoms with Crippen molar-refractivity contribution in [3.63, 3.8) is 0 Å². The van der Waals surface area contributed by atoms with Gasteiger partial charge in [0, 0.05) is 62.7 Å². The molecule has 6 rings (SSSR count). The van der Waals surface area contributed by atoms with E-state index in [-0.39, 0.29) is 0 Å². The minimum atomic E-state index is -1.17. The van der Waals surface area contributed by atoms with Crippen LogP contribution in [0.5, 0.6) is 0 Å². The molecule has 3 atom stereocenters. The molecule has 2 aliphatic rings. The van der Waals surface area contributed by atoms with Crippen LogP contribution in [0.2, 0.25) is 30.7 Å². The first-order valence-electron chi connectivity index (χ1n) is 13.5. The molecule has 2 fully saturated rings. The van der Waals surface area contributed by atoms with Gasteiger partial charge in [-0.3, -0.25) is 4.68 Å². The monoisotopic (exact) mass is 536 g/mol. The fourth-order valence-electron chi connectivity index (χ4n) is 6.21. The Morgan fingerprint density at radius 3 is 2.57 bits per heavy atom. The van der Waals surface area contributed by atoms with Crippen LogP contribution in [0.1, 0.15) is 32.6 Å². The number of anilines is 1. The maximum absolute atomic E-state index is 6.94. The summed E-state index contributed by atoms with van der Waals surface area (Å²) in [6.07, 6.45) is 11.0. The van der Waals surface area contributed by atoms with Crippen molar-refractivity contribution >= 4 is 47.6 Å². The summed E-state index contributed by atoms with van der Waals surface area (Å²) in [6.45, 7) is 10.7. The Morgan fingerprint density at radius 1 is 1.08 bits per heavy atom. The van der Waals surface area contributed by atoms with E-state index >= 15 is 0 Å². The van der Waals surface area contributed by atoms with Crippen molar-refractivity contribution < 1.29 is 4.74 Å². The number of halogens is 1. The van der Waals surface area contributed by atoms with Gasteiger partial charge in [-0.1, -0.05) is 44.2 Å². The van der Waals surface area contributed by atoms with Gasteiger partial charge in [-0.05, 0) is 43.7 Å².